The molecule has 1 N–H and O–H groups in total. The highest BCUT2D eigenvalue weighted by Gasteiger charge is 2.18. The van der Waals surface area contributed by atoms with Crippen LogP contribution in [0.4, 0.5) is 5.69 Å². The second kappa shape index (κ2) is 6.91. The number of nitrogens with one attached hydrogen (secondary N) is 1. The number of aryl methyl sites for hydroxylation is 1. The van der Waals surface area contributed by atoms with E-state index in [1.807, 2.05) is 24.3 Å². The largest absolute Gasteiger partial charge is 0.477 e. The Kier molecular flexibility index (Phi) is 4.51. The zero-order chi connectivity index (χ0) is 16.9. The molecule has 1 amide bonds. The molecule has 2 aromatic carbocycles. The summed E-state index contributed by atoms with van der Waals surface area (Å²) in [5.74, 6) is -0.415. The van der Waals surface area contributed by atoms with Crippen molar-refractivity contribution in [3.8, 4) is 5.75 Å². The number of rotatable bonds is 5. The lowest BCUT2D eigenvalue weighted by Gasteiger charge is -2.06. The fraction of sp³-hybridized carbons (Fsp3) is 0.176. The molecule has 1 aliphatic rings. The summed E-state index contributed by atoms with van der Waals surface area (Å²) in [5.41, 5.74) is 5.33. The number of nitro benzene ring substituents is 1. The van der Waals surface area contributed by atoms with Crippen molar-refractivity contribution in [2.45, 2.75) is 12.8 Å². The first kappa shape index (κ1) is 15.7. The number of hydrazone groups is 1. The van der Waals surface area contributed by atoms with Crippen LogP contribution < -0.4 is 10.2 Å². The first-order valence-corrected chi connectivity index (χ1v) is 7.45. The van der Waals surface area contributed by atoms with Crippen LogP contribution in [-0.4, -0.2) is 23.1 Å². The van der Waals surface area contributed by atoms with Crippen molar-refractivity contribution in [3.05, 3.63) is 69.8 Å². The molecular weight excluding hydrogens is 310 g/mol. The van der Waals surface area contributed by atoms with Crippen molar-refractivity contribution < 1.29 is 14.5 Å². The van der Waals surface area contributed by atoms with Gasteiger partial charge >= 0.3 is 5.69 Å². The van der Waals surface area contributed by atoms with Gasteiger partial charge in [-0.05, 0) is 24.5 Å². The van der Waals surface area contributed by atoms with Crippen molar-refractivity contribution in [2.75, 3.05) is 6.61 Å². The fourth-order valence-electron chi connectivity index (χ4n) is 2.56. The Labute approximate surface area is 138 Å². The van der Waals surface area contributed by atoms with Crippen molar-refractivity contribution in [3.63, 3.8) is 0 Å². The molecule has 0 fully saturated rings. The van der Waals surface area contributed by atoms with Gasteiger partial charge in [0.1, 0.15) is 0 Å². The Hall–Kier alpha value is -3.22. The van der Waals surface area contributed by atoms with Gasteiger partial charge in [-0.2, -0.15) is 5.10 Å². The minimum atomic E-state index is -0.553. The van der Waals surface area contributed by atoms with E-state index in [-0.39, 0.29) is 18.0 Å². The van der Waals surface area contributed by atoms with Gasteiger partial charge in [-0.15, -0.1) is 0 Å². The number of hydrogen-bond acceptors (Lipinski definition) is 5. The maximum absolute atomic E-state index is 11.9. The van der Waals surface area contributed by atoms with Crippen LogP contribution in [0.5, 0.6) is 5.75 Å². The predicted molar refractivity (Wildman–Crippen MR) is 88.0 cm³/mol. The predicted octanol–water partition coefficient (Wildman–Crippen LogP) is 2.44. The van der Waals surface area contributed by atoms with Gasteiger partial charge in [0.2, 0.25) is 0 Å². The van der Waals surface area contributed by atoms with Crippen LogP contribution in [0.3, 0.4) is 0 Å². The monoisotopic (exact) mass is 325 g/mol. The molecule has 0 aliphatic heterocycles. The minimum absolute atomic E-state index is 0.0523. The van der Waals surface area contributed by atoms with Gasteiger partial charge in [-0.1, -0.05) is 36.4 Å². The molecule has 0 saturated heterocycles. The molecule has 0 aromatic heterocycles. The standard InChI is InChI=1S/C17H15N3O4/c21-17(11-24-16-8-4-3-7-15(16)20(22)23)19-18-14-10-9-12-5-1-2-6-13(12)14/h1-8H,9-11H2,(H,19,21)/b18-14-. The van der Waals surface area contributed by atoms with Crippen LogP contribution in [-0.2, 0) is 11.2 Å². The molecule has 3 rings (SSSR count). The Morgan fingerprint density at radius 2 is 1.92 bits per heavy atom. The van der Waals surface area contributed by atoms with E-state index in [9.17, 15) is 14.9 Å². The van der Waals surface area contributed by atoms with Gasteiger partial charge < -0.3 is 4.74 Å². The van der Waals surface area contributed by atoms with Crippen LogP contribution in [0.2, 0.25) is 0 Å². The molecule has 0 bridgehead atoms. The van der Waals surface area contributed by atoms with Gasteiger partial charge in [-0.25, -0.2) is 5.43 Å². The van der Waals surface area contributed by atoms with Crippen LogP contribution in [0.1, 0.15) is 17.5 Å². The third-order valence-corrected chi connectivity index (χ3v) is 3.70. The maximum Gasteiger partial charge on any atom is 0.310 e. The van der Waals surface area contributed by atoms with Crippen LogP contribution in [0.25, 0.3) is 0 Å². The molecular formula is C17H15N3O4. The van der Waals surface area contributed by atoms with Gasteiger partial charge in [0.25, 0.3) is 5.91 Å². The quantitative estimate of drug-likeness (QED) is 0.675. The minimum Gasteiger partial charge on any atom is -0.477 e. The highest BCUT2D eigenvalue weighted by molar-refractivity contribution is 6.04. The summed E-state index contributed by atoms with van der Waals surface area (Å²) in [6.45, 7) is -0.344. The van der Waals surface area contributed by atoms with E-state index in [1.54, 1.807) is 6.07 Å². The molecule has 7 heteroatoms. The average molecular weight is 325 g/mol. The third-order valence-electron chi connectivity index (χ3n) is 3.70. The Morgan fingerprint density at radius 1 is 1.17 bits per heavy atom. The Morgan fingerprint density at radius 3 is 2.75 bits per heavy atom. The van der Waals surface area contributed by atoms with E-state index in [2.05, 4.69) is 10.5 Å². The smallest absolute Gasteiger partial charge is 0.310 e. The number of ether oxygens (including phenoxy) is 1. The lowest BCUT2D eigenvalue weighted by Crippen LogP contribution is -2.25. The topological polar surface area (TPSA) is 93.8 Å². The number of benzene rings is 2. The molecule has 0 heterocycles. The summed E-state index contributed by atoms with van der Waals surface area (Å²) in [4.78, 5) is 22.2. The lowest BCUT2D eigenvalue weighted by molar-refractivity contribution is -0.385. The molecule has 0 atom stereocenters. The molecule has 0 saturated carbocycles. The number of para-hydroxylation sites is 2. The van der Waals surface area contributed by atoms with E-state index < -0.39 is 10.8 Å². The summed E-state index contributed by atoms with van der Waals surface area (Å²) in [6, 6.07) is 13.8. The van der Waals surface area contributed by atoms with Crippen molar-refractivity contribution in [2.24, 2.45) is 5.10 Å². The van der Waals surface area contributed by atoms with E-state index in [0.29, 0.717) is 0 Å². The summed E-state index contributed by atoms with van der Waals surface area (Å²) in [5, 5.41) is 15.0. The van der Waals surface area contributed by atoms with Gasteiger partial charge in [0.15, 0.2) is 12.4 Å². The second-order valence-corrected chi connectivity index (χ2v) is 5.26. The molecule has 0 unspecified atom stereocenters. The average Bonchev–Trinajstić information content (AvgIpc) is 3.01. The summed E-state index contributed by atoms with van der Waals surface area (Å²) in [6.07, 6.45) is 1.67. The highest BCUT2D eigenvalue weighted by Crippen LogP contribution is 2.25. The fourth-order valence-corrected chi connectivity index (χ4v) is 2.56. The van der Waals surface area contributed by atoms with E-state index in [0.717, 1.165) is 24.1 Å². The summed E-state index contributed by atoms with van der Waals surface area (Å²) in [7, 11) is 0. The van der Waals surface area contributed by atoms with E-state index >= 15 is 0 Å². The molecule has 1 aliphatic carbocycles. The van der Waals surface area contributed by atoms with Crippen molar-refractivity contribution in [1.29, 1.82) is 0 Å². The number of nitrogens with zero attached hydrogens (tertiary/aromatic N) is 2. The first-order chi connectivity index (χ1) is 11.6. The van der Waals surface area contributed by atoms with Crippen molar-refractivity contribution >= 4 is 17.3 Å². The number of carbonyl (C=O) groups excluding carboxylic acids is 1. The number of carbonyl (C=O) groups is 1. The summed E-state index contributed by atoms with van der Waals surface area (Å²) >= 11 is 0. The zero-order valence-corrected chi connectivity index (χ0v) is 12.8. The number of amides is 1. The maximum atomic E-state index is 11.9. The highest BCUT2D eigenvalue weighted by atomic mass is 16.6. The van der Waals surface area contributed by atoms with Crippen LogP contribution >= 0.6 is 0 Å². The molecule has 24 heavy (non-hydrogen) atoms. The van der Waals surface area contributed by atoms with E-state index in [4.69, 9.17) is 4.74 Å². The van der Waals surface area contributed by atoms with Gasteiger partial charge in [0.05, 0.1) is 10.6 Å². The van der Waals surface area contributed by atoms with Gasteiger partial charge in [-0.3, -0.25) is 14.9 Å². The van der Waals surface area contributed by atoms with Crippen molar-refractivity contribution in [1.82, 2.24) is 5.43 Å². The Balaban J connectivity index is 1.60. The van der Waals surface area contributed by atoms with E-state index in [1.165, 1.54) is 23.8 Å². The zero-order valence-electron chi connectivity index (χ0n) is 12.8. The third kappa shape index (κ3) is 3.40. The number of hydrogen-bond donors (Lipinski definition) is 1. The van der Waals surface area contributed by atoms with Gasteiger partial charge in [0, 0.05) is 11.6 Å². The normalized spacial score (nSPS) is 14.2. The van der Waals surface area contributed by atoms with Crippen LogP contribution in [0, 0.1) is 10.1 Å². The first-order valence-electron chi connectivity index (χ1n) is 7.45. The SMILES string of the molecule is O=C(COc1ccccc1[N+](=O)[O-])N/N=C1/CCc2ccccc21. The number of nitro groups is 1. The molecule has 0 radical (unpaired) electrons. The second-order valence-electron chi connectivity index (χ2n) is 5.26. The lowest BCUT2D eigenvalue weighted by atomic mass is 10.1. The number of fused-ring (bicyclic) bond motifs is 1. The van der Waals surface area contributed by atoms with Crippen LogP contribution in [0.15, 0.2) is 53.6 Å². The Bertz CT molecular complexity index is 817. The molecule has 0 spiro atoms. The molecule has 122 valence electrons. The molecule has 2 aromatic rings. The molecule has 7 nitrogen and oxygen atoms in total. The summed E-state index contributed by atoms with van der Waals surface area (Å²) < 4.78 is 5.22.